The van der Waals surface area contributed by atoms with Gasteiger partial charge in [-0.1, -0.05) is 19.1 Å². The van der Waals surface area contributed by atoms with Gasteiger partial charge in [-0.15, -0.1) is 11.8 Å². The topological polar surface area (TPSA) is 61.5 Å². The third kappa shape index (κ3) is 8.61. The first kappa shape index (κ1) is 18.5. The molecule has 112 valence electrons. The molecular formula is C15H23NO3S. The Morgan fingerprint density at radius 2 is 1.95 bits per heavy atom. The van der Waals surface area contributed by atoms with Crippen LogP contribution >= 0.6 is 11.8 Å². The van der Waals surface area contributed by atoms with Crippen molar-refractivity contribution < 1.29 is 14.3 Å². The second-order valence-corrected chi connectivity index (χ2v) is 4.87. The minimum Gasteiger partial charge on any atom is -0.497 e. The monoisotopic (exact) mass is 297 g/mol. The van der Waals surface area contributed by atoms with Crippen LogP contribution in [0.5, 0.6) is 5.75 Å². The highest BCUT2D eigenvalue weighted by atomic mass is 32.2. The Bertz CT molecular complexity index is 389. The predicted octanol–water partition coefficient (Wildman–Crippen LogP) is 2.97. The van der Waals surface area contributed by atoms with Gasteiger partial charge in [0.2, 0.25) is 0 Å². The molecular weight excluding hydrogens is 274 g/mol. The molecule has 1 rings (SSSR count). The summed E-state index contributed by atoms with van der Waals surface area (Å²) in [5.41, 5.74) is 6.39. The molecule has 0 spiro atoms. The molecule has 1 aromatic rings. The van der Waals surface area contributed by atoms with Crippen LogP contribution in [0.2, 0.25) is 0 Å². The van der Waals surface area contributed by atoms with E-state index < -0.39 is 0 Å². The number of nitrogens with two attached hydrogens (primary N) is 1. The number of thioether (sulfide) groups is 1. The van der Waals surface area contributed by atoms with Gasteiger partial charge in [0, 0.05) is 25.7 Å². The Labute approximate surface area is 125 Å². The molecule has 4 nitrogen and oxygen atoms in total. The van der Waals surface area contributed by atoms with Gasteiger partial charge in [0.25, 0.3) is 0 Å². The van der Waals surface area contributed by atoms with E-state index in [-0.39, 0.29) is 0 Å². The summed E-state index contributed by atoms with van der Waals surface area (Å²) in [7, 11) is 3.34. The summed E-state index contributed by atoms with van der Waals surface area (Å²) in [5.74, 6) is 1.56. The van der Waals surface area contributed by atoms with Gasteiger partial charge in [-0.25, -0.2) is 0 Å². The number of aldehydes is 1. The summed E-state index contributed by atoms with van der Waals surface area (Å²) in [6, 6.07) is 7.71. The summed E-state index contributed by atoms with van der Waals surface area (Å²) in [6.45, 7) is 2.98. The van der Waals surface area contributed by atoms with Crippen LogP contribution < -0.4 is 10.5 Å². The molecule has 0 aliphatic heterocycles. The van der Waals surface area contributed by atoms with Crippen molar-refractivity contribution in [1.29, 1.82) is 0 Å². The number of rotatable bonds is 7. The van der Waals surface area contributed by atoms with E-state index in [2.05, 4.69) is 6.92 Å². The van der Waals surface area contributed by atoms with E-state index in [0.717, 1.165) is 36.4 Å². The molecule has 0 unspecified atom stereocenters. The Hall–Kier alpha value is -1.46. The number of hydrogen-bond acceptors (Lipinski definition) is 5. The van der Waals surface area contributed by atoms with Crippen LogP contribution in [0.1, 0.15) is 18.9 Å². The molecule has 0 aromatic heterocycles. The lowest BCUT2D eigenvalue weighted by atomic mass is 10.2. The second-order valence-electron chi connectivity index (χ2n) is 3.82. The zero-order valence-electron chi connectivity index (χ0n) is 12.3. The Balaban J connectivity index is 0.000000621. The first-order chi connectivity index (χ1) is 9.71. The van der Waals surface area contributed by atoms with Crippen molar-refractivity contribution in [2.24, 2.45) is 5.73 Å². The first-order valence-corrected chi connectivity index (χ1v) is 7.32. The Morgan fingerprint density at radius 3 is 2.30 bits per heavy atom. The highest BCUT2D eigenvalue weighted by molar-refractivity contribution is 8.03. The zero-order chi connectivity index (χ0) is 15.2. The molecule has 0 atom stereocenters. The largest absolute Gasteiger partial charge is 0.497 e. The number of ether oxygens (including phenoxy) is 2. The standard InChI is InChI=1S/C11H13NO2S.C4H10O/c1-14-10-4-2-9(3-5-10)8-15-11(6-12)7-13;1-3-4-5-2/h2-7H,8,12H2,1H3;3-4H2,1-2H3/b11-6-;. The number of carbonyl (C=O) groups is 1. The quantitative estimate of drug-likeness (QED) is 0.619. The van der Waals surface area contributed by atoms with E-state index >= 15 is 0 Å². The molecule has 0 saturated carbocycles. The molecule has 2 N–H and O–H groups in total. The van der Waals surface area contributed by atoms with Crippen LogP contribution in [0, 0.1) is 0 Å². The fourth-order valence-electron chi connectivity index (χ4n) is 1.21. The van der Waals surface area contributed by atoms with E-state index in [4.69, 9.17) is 15.2 Å². The Morgan fingerprint density at radius 1 is 1.30 bits per heavy atom. The van der Waals surface area contributed by atoms with Crippen molar-refractivity contribution in [2.45, 2.75) is 19.1 Å². The molecule has 5 heteroatoms. The lowest BCUT2D eigenvalue weighted by molar-refractivity contribution is -0.104. The zero-order valence-corrected chi connectivity index (χ0v) is 13.1. The summed E-state index contributed by atoms with van der Waals surface area (Å²) in [5, 5.41) is 0. The van der Waals surface area contributed by atoms with Crippen LogP contribution in [-0.4, -0.2) is 27.1 Å². The average molecular weight is 297 g/mol. The maximum Gasteiger partial charge on any atom is 0.157 e. The average Bonchev–Trinajstić information content (AvgIpc) is 2.50. The minimum absolute atomic E-state index is 0.547. The van der Waals surface area contributed by atoms with Gasteiger partial charge in [0.1, 0.15) is 5.75 Å². The molecule has 0 bridgehead atoms. The number of carbonyl (C=O) groups excluding carboxylic acids is 1. The maximum atomic E-state index is 10.5. The van der Waals surface area contributed by atoms with Crippen molar-refractivity contribution in [3.8, 4) is 5.75 Å². The molecule has 0 aliphatic carbocycles. The molecule has 0 aliphatic rings. The Kier molecular flexibility index (Phi) is 11.7. The molecule has 1 aromatic carbocycles. The lowest BCUT2D eigenvalue weighted by Crippen LogP contribution is -1.88. The van der Waals surface area contributed by atoms with E-state index in [1.54, 1.807) is 14.2 Å². The van der Waals surface area contributed by atoms with Gasteiger partial charge >= 0.3 is 0 Å². The van der Waals surface area contributed by atoms with E-state index in [1.165, 1.54) is 18.0 Å². The van der Waals surface area contributed by atoms with Gasteiger partial charge in [-0.2, -0.15) is 0 Å². The molecule has 0 radical (unpaired) electrons. The van der Waals surface area contributed by atoms with Crippen molar-refractivity contribution in [3.05, 3.63) is 40.9 Å². The molecule has 0 amide bonds. The molecule has 20 heavy (non-hydrogen) atoms. The van der Waals surface area contributed by atoms with Gasteiger partial charge in [-0.05, 0) is 24.1 Å². The van der Waals surface area contributed by atoms with Crippen LogP contribution in [0.25, 0.3) is 0 Å². The maximum absolute atomic E-state index is 10.5. The highest BCUT2D eigenvalue weighted by Gasteiger charge is 1.98. The van der Waals surface area contributed by atoms with Gasteiger partial charge in [-0.3, -0.25) is 4.79 Å². The normalized spacial score (nSPS) is 10.4. The van der Waals surface area contributed by atoms with Crippen molar-refractivity contribution in [2.75, 3.05) is 20.8 Å². The van der Waals surface area contributed by atoms with E-state index in [9.17, 15) is 4.79 Å². The number of allylic oxidation sites excluding steroid dienone is 1. The summed E-state index contributed by atoms with van der Waals surface area (Å²) in [6.07, 6.45) is 3.20. The highest BCUT2D eigenvalue weighted by Crippen LogP contribution is 2.20. The first-order valence-electron chi connectivity index (χ1n) is 6.33. The molecule has 0 fully saturated rings. The minimum atomic E-state index is 0.547. The third-order valence-corrected chi connectivity index (χ3v) is 3.30. The fraction of sp³-hybridized carbons (Fsp3) is 0.400. The van der Waals surface area contributed by atoms with Gasteiger partial charge in [0.05, 0.1) is 12.0 Å². The van der Waals surface area contributed by atoms with Crippen molar-refractivity contribution >= 4 is 18.0 Å². The van der Waals surface area contributed by atoms with Gasteiger partial charge in [0.15, 0.2) is 6.29 Å². The number of benzene rings is 1. The molecule has 0 heterocycles. The number of hydrogen-bond donors (Lipinski definition) is 1. The van der Waals surface area contributed by atoms with Crippen LogP contribution in [-0.2, 0) is 15.3 Å². The van der Waals surface area contributed by atoms with E-state index in [1.807, 2.05) is 24.3 Å². The summed E-state index contributed by atoms with van der Waals surface area (Å²) >= 11 is 1.42. The summed E-state index contributed by atoms with van der Waals surface area (Å²) in [4.78, 5) is 11.0. The van der Waals surface area contributed by atoms with Crippen LogP contribution in [0.4, 0.5) is 0 Å². The second kappa shape index (κ2) is 12.6. The van der Waals surface area contributed by atoms with Crippen molar-refractivity contribution in [3.63, 3.8) is 0 Å². The SMILES string of the molecule is CCCOC.COc1ccc(CS/C(C=O)=C\N)cc1. The van der Waals surface area contributed by atoms with E-state index in [0.29, 0.717) is 4.91 Å². The van der Waals surface area contributed by atoms with Crippen LogP contribution in [0.15, 0.2) is 35.4 Å². The lowest BCUT2D eigenvalue weighted by Gasteiger charge is -2.02. The molecule has 0 saturated heterocycles. The third-order valence-electron chi connectivity index (χ3n) is 2.25. The summed E-state index contributed by atoms with van der Waals surface area (Å²) < 4.78 is 9.73. The fourth-order valence-corrected chi connectivity index (χ4v) is 1.90. The van der Waals surface area contributed by atoms with Gasteiger partial charge < -0.3 is 15.2 Å². The van der Waals surface area contributed by atoms with Crippen molar-refractivity contribution in [1.82, 2.24) is 0 Å². The smallest absolute Gasteiger partial charge is 0.157 e. The number of methoxy groups -OCH3 is 2. The van der Waals surface area contributed by atoms with Crippen LogP contribution in [0.3, 0.4) is 0 Å². The predicted molar refractivity (Wildman–Crippen MR) is 84.8 cm³/mol.